The second-order valence-electron chi connectivity index (χ2n) is 3.91. The summed E-state index contributed by atoms with van der Waals surface area (Å²) < 4.78 is 5.30. The Morgan fingerprint density at radius 1 is 1.24 bits per heavy atom. The molecular formula is C12H16ClNO3. The van der Waals surface area contributed by atoms with E-state index < -0.39 is 6.09 Å². The Kier molecular flexibility index (Phi) is 3.88. The van der Waals surface area contributed by atoms with Crippen LogP contribution >= 0.6 is 11.6 Å². The normalized spacial score (nSPS) is 10.2. The minimum Gasteiger partial charge on any atom is -0.494 e. The molecule has 0 aliphatic rings. The number of hydrogen-bond donors (Lipinski definition) is 1. The lowest BCUT2D eigenvalue weighted by atomic mass is 10.0. The van der Waals surface area contributed by atoms with Crippen LogP contribution in [0.25, 0.3) is 0 Å². The molecule has 0 bridgehead atoms. The van der Waals surface area contributed by atoms with Gasteiger partial charge in [0.1, 0.15) is 5.75 Å². The highest BCUT2D eigenvalue weighted by Crippen LogP contribution is 2.41. The van der Waals surface area contributed by atoms with Gasteiger partial charge in [-0.25, -0.2) is 4.79 Å². The molecule has 0 radical (unpaired) electrons. The molecule has 94 valence electrons. The van der Waals surface area contributed by atoms with Crippen molar-refractivity contribution < 1.29 is 14.6 Å². The monoisotopic (exact) mass is 257 g/mol. The predicted octanol–water partition coefficient (Wildman–Crippen LogP) is 3.39. The number of carbonyl (C=O) groups is 1. The number of benzene rings is 1. The van der Waals surface area contributed by atoms with Crippen LogP contribution in [-0.2, 0) is 0 Å². The van der Waals surface area contributed by atoms with Crippen LogP contribution in [0.3, 0.4) is 0 Å². The summed E-state index contributed by atoms with van der Waals surface area (Å²) in [6.07, 6.45) is -1.05. The lowest BCUT2D eigenvalue weighted by Gasteiger charge is -2.23. The first-order valence-corrected chi connectivity index (χ1v) is 5.50. The van der Waals surface area contributed by atoms with E-state index in [0.29, 0.717) is 22.0 Å². The van der Waals surface area contributed by atoms with Gasteiger partial charge in [0.15, 0.2) is 0 Å². The minimum atomic E-state index is -1.05. The highest BCUT2D eigenvalue weighted by atomic mass is 35.5. The number of methoxy groups -OCH3 is 1. The molecule has 0 saturated carbocycles. The van der Waals surface area contributed by atoms with Gasteiger partial charge >= 0.3 is 6.09 Å². The van der Waals surface area contributed by atoms with Crippen molar-refractivity contribution in [1.29, 1.82) is 0 Å². The fraction of sp³-hybridized carbons (Fsp3) is 0.417. The topological polar surface area (TPSA) is 49.8 Å². The van der Waals surface area contributed by atoms with Gasteiger partial charge in [0.2, 0.25) is 0 Å². The number of rotatable bonds is 2. The van der Waals surface area contributed by atoms with Crippen LogP contribution in [0.4, 0.5) is 10.5 Å². The predicted molar refractivity (Wildman–Crippen MR) is 68.6 cm³/mol. The van der Waals surface area contributed by atoms with Crippen LogP contribution in [-0.4, -0.2) is 25.4 Å². The molecule has 0 heterocycles. The Morgan fingerprint density at radius 2 is 1.76 bits per heavy atom. The van der Waals surface area contributed by atoms with E-state index in [1.807, 2.05) is 13.8 Å². The van der Waals surface area contributed by atoms with Crippen molar-refractivity contribution >= 4 is 23.4 Å². The first-order valence-electron chi connectivity index (χ1n) is 5.12. The van der Waals surface area contributed by atoms with Gasteiger partial charge in [-0.2, -0.15) is 0 Å². The Morgan fingerprint density at radius 3 is 2.18 bits per heavy atom. The third-order valence-electron chi connectivity index (χ3n) is 2.96. The van der Waals surface area contributed by atoms with E-state index in [1.165, 1.54) is 14.2 Å². The molecule has 0 spiro atoms. The Hall–Kier alpha value is -1.42. The van der Waals surface area contributed by atoms with E-state index in [0.717, 1.165) is 16.0 Å². The van der Waals surface area contributed by atoms with Gasteiger partial charge in [-0.15, -0.1) is 0 Å². The highest BCUT2D eigenvalue weighted by Gasteiger charge is 2.22. The number of ether oxygens (including phenoxy) is 1. The molecule has 0 aliphatic carbocycles. The van der Waals surface area contributed by atoms with Gasteiger partial charge in [0.05, 0.1) is 12.8 Å². The van der Waals surface area contributed by atoms with Crippen LogP contribution < -0.4 is 9.64 Å². The Bertz CT molecular complexity index is 472. The summed E-state index contributed by atoms with van der Waals surface area (Å²) in [5, 5.41) is 9.63. The van der Waals surface area contributed by atoms with E-state index in [1.54, 1.807) is 6.92 Å². The molecule has 0 fully saturated rings. The van der Waals surface area contributed by atoms with Crippen molar-refractivity contribution in [3.8, 4) is 5.75 Å². The standard InChI is InChI=1S/C12H16ClNO3/c1-6-7(2)11(17-5)10(8(3)9(6)13)14(4)12(15)16/h1-5H3,(H,15,16). The molecule has 0 saturated heterocycles. The summed E-state index contributed by atoms with van der Waals surface area (Å²) >= 11 is 6.19. The second-order valence-corrected chi connectivity index (χ2v) is 4.29. The summed E-state index contributed by atoms with van der Waals surface area (Å²) in [5.41, 5.74) is 2.96. The maximum atomic E-state index is 11.1. The molecule has 0 aliphatic heterocycles. The van der Waals surface area contributed by atoms with Gasteiger partial charge in [0, 0.05) is 12.1 Å². The van der Waals surface area contributed by atoms with Crippen LogP contribution in [0.15, 0.2) is 0 Å². The number of nitrogens with zero attached hydrogens (tertiary/aromatic N) is 1. The summed E-state index contributed by atoms with van der Waals surface area (Å²) in [5.74, 6) is 0.550. The molecule has 1 rings (SSSR count). The third-order valence-corrected chi connectivity index (χ3v) is 3.53. The summed E-state index contributed by atoms with van der Waals surface area (Å²) in [6.45, 7) is 5.53. The number of anilines is 1. The molecular weight excluding hydrogens is 242 g/mol. The molecule has 1 aromatic carbocycles. The van der Waals surface area contributed by atoms with Crippen molar-refractivity contribution in [3.63, 3.8) is 0 Å². The molecule has 17 heavy (non-hydrogen) atoms. The van der Waals surface area contributed by atoms with Crippen LogP contribution in [0.1, 0.15) is 16.7 Å². The van der Waals surface area contributed by atoms with Crippen LogP contribution in [0.2, 0.25) is 5.02 Å². The van der Waals surface area contributed by atoms with Crippen molar-refractivity contribution in [2.24, 2.45) is 0 Å². The Balaban J connectivity index is 3.63. The van der Waals surface area contributed by atoms with Crippen LogP contribution in [0, 0.1) is 20.8 Å². The molecule has 5 heteroatoms. The van der Waals surface area contributed by atoms with Crippen LogP contribution in [0.5, 0.6) is 5.75 Å². The first-order chi connectivity index (χ1) is 7.82. The second kappa shape index (κ2) is 4.84. The van der Waals surface area contributed by atoms with Gasteiger partial charge in [0.25, 0.3) is 0 Å². The fourth-order valence-electron chi connectivity index (χ4n) is 1.82. The molecule has 1 aromatic rings. The van der Waals surface area contributed by atoms with Crippen molar-refractivity contribution in [2.45, 2.75) is 20.8 Å². The van der Waals surface area contributed by atoms with Crippen molar-refractivity contribution in [2.75, 3.05) is 19.1 Å². The lowest BCUT2D eigenvalue weighted by Crippen LogP contribution is -2.25. The third kappa shape index (κ3) is 2.17. The molecule has 0 atom stereocenters. The highest BCUT2D eigenvalue weighted by molar-refractivity contribution is 6.32. The van der Waals surface area contributed by atoms with E-state index in [9.17, 15) is 4.79 Å². The average Bonchev–Trinajstić information content (AvgIpc) is 2.29. The first kappa shape index (κ1) is 13.6. The van der Waals surface area contributed by atoms with E-state index in [-0.39, 0.29) is 0 Å². The average molecular weight is 258 g/mol. The number of halogens is 1. The van der Waals surface area contributed by atoms with Gasteiger partial charge < -0.3 is 9.84 Å². The summed E-state index contributed by atoms with van der Waals surface area (Å²) in [4.78, 5) is 12.2. The van der Waals surface area contributed by atoms with E-state index in [2.05, 4.69) is 0 Å². The lowest BCUT2D eigenvalue weighted by molar-refractivity contribution is 0.203. The van der Waals surface area contributed by atoms with Crippen molar-refractivity contribution in [1.82, 2.24) is 0 Å². The molecule has 0 unspecified atom stereocenters. The Labute approximate surface area is 106 Å². The summed E-state index contributed by atoms with van der Waals surface area (Å²) in [6, 6.07) is 0. The maximum absolute atomic E-state index is 11.1. The SMILES string of the molecule is COc1c(C)c(C)c(Cl)c(C)c1N(C)C(=O)O. The quantitative estimate of drug-likeness (QED) is 0.884. The van der Waals surface area contributed by atoms with E-state index >= 15 is 0 Å². The zero-order chi connectivity index (χ0) is 13.3. The van der Waals surface area contributed by atoms with E-state index in [4.69, 9.17) is 21.4 Å². The largest absolute Gasteiger partial charge is 0.494 e. The zero-order valence-corrected chi connectivity index (χ0v) is 11.3. The van der Waals surface area contributed by atoms with Gasteiger partial charge in [-0.05, 0) is 37.5 Å². The van der Waals surface area contributed by atoms with Gasteiger partial charge in [-0.3, -0.25) is 4.90 Å². The smallest absolute Gasteiger partial charge is 0.411 e. The molecule has 4 nitrogen and oxygen atoms in total. The zero-order valence-electron chi connectivity index (χ0n) is 10.6. The fourth-order valence-corrected chi connectivity index (χ4v) is 2.05. The number of amides is 1. The summed E-state index contributed by atoms with van der Waals surface area (Å²) in [7, 11) is 2.99. The minimum absolute atomic E-state index is 0.494. The number of carboxylic acid groups (broad SMARTS) is 1. The molecule has 1 N–H and O–H groups in total. The number of hydrogen-bond acceptors (Lipinski definition) is 2. The molecule has 1 amide bonds. The molecule has 0 aromatic heterocycles. The maximum Gasteiger partial charge on any atom is 0.411 e. The van der Waals surface area contributed by atoms with Crippen molar-refractivity contribution in [3.05, 3.63) is 21.7 Å². The van der Waals surface area contributed by atoms with Gasteiger partial charge in [-0.1, -0.05) is 11.6 Å².